The van der Waals surface area contributed by atoms with Gasteiger partial charge in [0.15, 0.2) is 0 Å². The van der Waals surface area contributed by atoms with Crippen molar-refractivity contribution >= 4 is 5.91 Å². The first kappa shape index (κ1) is 73.6. The van der Waals surface area contributed by atoms with Crippen LogP contribution < -0.4 is 5.32 Å². The topological polar surface area (TPSA) is 89.8 Å². The summed E-state index contributed by atoms with van der Waals surface area (Å²) >= 11 is 0. The Hall–Kier alpha value is -1.43. The Labute approximate surface area is 470 Å². The van der Waals surface area contributed by atoms with Gasteiger partial charge in [-0.25, -0.2) is 0 Å². The number of carbonyl (C=O) groups excluding carboxylic acids is 1. The summed E-state index contributed by atoms with van der Waals surface area (Å²) in [6.07, 6.45) is 86.8. The van der Waals surface area contributed by atoms with Crippen molar-refractivity contribution < 1.29 is 20.1 Å². The zero-order chi connectivity index (χ0) is 54.3. The van der Waals surface area contributed by atoms with E-state index in [0.29, 0.717) is 6.42 Å². The maximum absolute atomic E-state index is 12.6. The van der Waals surface area contributed by atoms with Crippen LogP contribution in [0.15, 0.2) is 36.5 Å². The molecule has 3 unspecified atom stereocenters. The lowest BCUT2D eigenvalue weighted by Gasteiger charge is -2.21. The predicted octanol–water partition coefficient (Wildman–Crippen LogP) is 22.1. The fourth-order valence-corrected chi connectivity index (χ4v) is 10.9. The lowest BCUT2D eigenvalue weighted by atomic mass is 10.0. The lowest BCUT2D eigenvalue weighted by Crippen LogP contribution is -2.45. The quantitative estimate of drug-likeness (QED) is 0.0361. The highest BCUT2D eigenvalue weighted by molar-refractivity contribution is 5.76. The molecule has 0 aromatic carbocycles. The minimum Gasteiger partial charge on any atom is -0.394 e. The molecule has 444 valence electrons. The van der Waals surface area contributed by atoms with E-state index in [0.717, 1.165) is 32.1 Å². The number of carbonyl (C=O) groups is 1. The second kappa shape index (κ2) is 65.1. The van der Waals surface area contributed by atoms with Gasteiger partial charge in [-0.05, 0) is 57.8 Å². The predicted molar refractivity (Wildman–Crippen MR) is 333 cm³/mol. The van der Waals surface area contributed by atoms with Crippen molar-refractivity contribution in [2.45, 2.75) is 398 Å². The van der Waals surface area contributed by atoms with Crippen molar-refractivity contribution in [1.82, 2.24) is 5.32 Å². The van der Waals surface area contributed by atoms with Gasteiger partial charge >= 0.3 is 0 Å². The number of rotatable bonds is 64. The zero-order valence-electron chi connectivity index (χ0n) is 51.0. The molecule has 0 fully saturated rings. The summed E-state index contributed by atoms with van der Waals surface area (Å²) in [6, 6.07) is -0.762. The van der Waals surface area contributed by atoms with Crippen LogP contribution in [0.5, 0.6) is 0 Å². The Morgan fingerprint density at radius 2 is 0.573 bits per heavy atom. The Bertz CT molecular complexity index is 1170. The molecule has 4 N–H and O–H groups in total. The van der Waals surface area contributed by atoms with E-state index >= 15 is 0 Å². The second-order valence-electron chi connectivity index (χ2n) is 23.8. The van der Waals surface area contributed by atoms with Crippen LogP contribution in [-0.4, -0.2) is 46.1 Å². The van der Waals surface area contributed by atoms with E-state index < -0.39 is 18.2 Å². The van der Waals surface area contributed by atoms with Gasteiger partial charge in [0.05, 0.1) is 31.3 Å². The van der Waals surface area contributed by atoms with Gasteiger partial charge in [0.25, 0.3) is 0 Å². The summed E-state index contributed by atoms with van der Waals surface area (Å²) in [6.45, 7) is 4.25. The second-order valence-corrected chi connectivity index (χ2v) is 23.8. The molecule has 0 bridgehead atoms. The van der Waals surface area contributed by atoms with E-state index in [4.69, 9.17) is 0 Å². The van der Waals surface area contributed by atoms with E-state index in [2.05, 4.69) is 43.5 Å². The number of hydrogen-bond donors (Lipinski definition) is 4. The highest BCUT2D eigenvalue weighted by Crippen LogP contribution is 2.19. The van der Waals surface area contributed by atoms with E-state index in [1.807, 2.05) is 6.08 Å². The van der Waals surface area contributed by atoms with Crippen LogP contribution in [0, 0.1) is 0 Å². The summed E-state index contributed by atoms with van der Waals surface area (Å²) in [5.41, 5.74) is 0. The van der Waals surface area contributed by atoms with Crippen molar-refractivity contribution in [3.63, 3.8) is 0 Å². The van der Waals surface area contributed by atoms with Crippen LogP contribution in [0.4, 0.5) is 0 Å². The molecule has 0 radical (unpaired) electrons. The Balaban J connectivity index is 3.51. The molecule has 1 amide bonds. The van der Waals surface area contributed by atoms with Crippen LogP contribution in [0.3, 0.4) is 0 Å². The van der Waals surface area contributed by atoms with Gasteiger partial charge in [0, 0.05) is 0 Å². The van der Waals surface area contributed by atoms with Gasteiger partial charge in [0.1, 0.15) is 0 Å². The van der Waals surface area contributed by atoms with Crippen LogP contribution >= 0.6 is 0 Å². The average molecular weight is 1050 g/mol. The van der Waals surface area contributed by atoms with E-state index in [1.54, 1.807) is 6.08 Å². The molecular formula is C70H135NO4. The monoisotopic (exact) mass is 1050 g/mol. The SMILES string of the molecule is CCCCCCCCCCCCCCCCCC/C=C\CCCCCCCCCCCCCCCCCC(O)CC(=O)NC(CO)C(O)/C=C/CC/C=C/CCCCCCCCCCCCCCCCCCCCC. The number of aliphatic hydroxyl groups is 3. The lowest BCUT2D eigenvalue weighted by molar-refractivity contribution is -0.124. The molecule has 0 aromatic rings. The van der Waals surface area contributed by atoms with Crippen molar-refractivity contribution in [3.05, 3.63) is 36.5 Å². The van der Waals surface area contributed by atoms with Gasteiger partial charge in [-0.3, -0.25) is 4.79 Å². The maximum atomic E-state index is 12.6. The number of allylic oxidation sites excluding steroid dienone is 5. The van der Waals surface area contributed by atoms with Gasteiger partial charge in [-0.2, -0.15) is 0 Å². The Morgan fingerprint density at radius 1 is 0.333 bits per heavy atom. The summed E-state index contributed by atoms with van der Waals surface area (Å²) in [5.74, 6) is -0.319. The number of hydrogen-bond acceptors (Lipinski definition) is 4. The average Bonchev–Trinajstić information content (AvgIpc) is 3.41. The van der Waals surface area contributed by atoms with Gasteiger partial charge in [-0.15, -0.1) is 0 Å². The van der Waals surface area contributed by atoms with Crippen molar-refractivity contribution in [2.24, 2.45) is 0 Å². The number of nitrogens with one attached hydrogen (secondary N) is 1. The normalized spacial score (nSPS) is 13.3. The van der Waals surface area contributed by atoms with Gasteiger partial charge in [-0.1, -0.05) is 352 Å². The van der Waals surface area contributed by atoms with E-state index in [1.165, 1.54) is 321 Å². The molecule has 0 heterocycles. The smallest absolute Gasteiger partial charge is 0.222 e. The third-order valence-electron chi connectivity index (χ3n) is 16.1. The van der Waals surface area contributed by atoms with Crippen LogP contribution in [0.25, 0.3) is 0 Å². The largest absolute Gasteiger partial charge is 0.394 e. The summed E-state index contributed by atoms with van der Waals surface area (Å²) in [4.78, 5) is 12.6. The van der Waals surface area contributed by atoms with Crippen molar-refractivity contribution in [2.75, 3.05) is 6.61 Å². The third kappa shape index (κ3) is 61.6. The van der Waals surface area contributed by atoms with Crippen molar-refractivity contribution in [3.8, 4) is 0 Å². The van der Waals surface area contributed by atoms with Crippen molar-refractivity contribution in [1.29, 1.82) is 0 Å². The fraction of sp³-hybridized carbons (Fsp3) is 0.900. The molecule has 0 aliphatic rings. The van der Waals surface area contributed by atoms with Crippen LogP contribution in [0.2, 0.25) is 0 Å². The minimum absolute atomic E-state index is 0.00844. The number of aliphatic hydroxyl groups excluding tert-OH is 3. The molecule has 75 heavy (non-hydrogen) atoms. The molecule has 0 saturated heterocycles. The minimum atomic E-state index is -0.953. The molecule has 5 heteroatoms. The molecule has 0 aliphatic heterocycles. The van der Waals surface area contributed by atoms with E-state index in [-0.39, 0.29) is 18.9 Å². The molecule has 0 saturated carbocycles. The first-order valence-corrected chi connectivity index (χ1v) is 34.3. The first-order valence-electron chi connectivity index (χ1n) is 34.3. The summed E-state index contributed by atoms with van der Waals surface area (Å²) < 4.78 is 0. The highest BCUT2D eigenvalue weighted by Gasteiger charge is 2.20. The zero-order valence-corrected chi connectivity index (χ0v) is 51.0. The maximum Gasteiger partial charge on any atom is 0.222 e. The molecule has 0 spiro atoms. The number of unbranched alkanes of at least 4 members (excludes halogenated alkanes) is 51. The molecule has 0 rings (SSSR count). The standard InChI is InChI=1S/C70H135NO4/c1-3-5-7-9-11-13-15-17-19-21-23-25-27-29-30-31-32-33-34-35-36-37-38-40-41-43-45-47-49-51-53-55-57-59-61-63-67(73)65-70(75)71-68(66-72)69(74)64-62-60-58-56-54-52-50-48-46-44-42-39-28-26-24-22-20-18-16-14-12-10-8-6-4-2/h33-34,54,56,62,64,67-69,72-74H,3-32,35-53,55,57-61,63,65-66H2,1-2H3,(H,71,75)/b34-33-,56-54+,64-62+. The molecule has 0 aromatic heterocycles. The van der Waals surface area contributed by atoms with Gasteiger partial charge < -0.3 is 20.6 Å². The van der Waals surface area contributed by atoms with Gasteiger partial charge in [0.2, 0.25) is 5.91 Å². The molecule has 5 nitrogen and oxygen atoms in total. The summed E-state index contributed by atoms with van der Waals surface area (Å²) in [7, 11) is 0. The highest BCUT2D eigenvalue weighted by atomic mass is 16.3. The fourth-order valence-electron chi connectivity index (χ4n) is 10.9. The Kier molecular flexibility index (Phi) is 63.8. The number of amides is 1. The molecular weight excluding hydrogens is 919 g/mol. The van der Waals surface area contributed by atoms with Crippen LogP contribution in [0.1, 0.15) is 380 Å². The Morgan fingerprint density at radius 3 is 0.853 bits per heavy atom. The van der Waals surface area contributed by atoms with E-state index in [9.17, 15) is 20.1 Å². The summed E-state index contributed by atoms with van der Waals surface area (Å²) in [5, 5.41) is 33.6. The molecule has 3 atom stereocenters. The molecule has 0 aliphatic carbocycles. The van der Waals surface area contributed by atoms with Crippen LogP contribution in [-0.2, 0) is 4.79 Å². The third-order valence-corrected chi connectivity index (χ3v) is 16.1. The first-order chi connectivity index (χ1) is 37.0.